The highest BCUT2D eigenvalue weighted by molar-refractivity contribution is 5.96. The van der Waals surface area contributed by atoms with E-state index in [-0.39, 0.29) is 19.0 Å². The second kappa shape index (κ2) is 9.29. The van der Waals surface area contributed by atoms with Crippen LogP contribution in [0.1, 0.15) is 15.9 Å². The number of rotatable bonds is 8. The molecule has 0 aliphatic heterocycles. The Kier molecular flexibility index (Phi) is 6.79. The van der Waals surface area contributed by atoms with Gasteiger partial charge in [-0.2, -0.15) is 0 Å². The quantitative estimate of drug-likeness (QED) is 0.502. The van der Waals surface area contributed by atoms with E-state index in [4.69, 9.17) is 10.5 Å². The summed E-state index contributed by atoms with van der Waals surface area (Å²) in [7, 11) is 0. The van der Waals surface area contributed by atoms with Gasteiger partial charge in [0.1, 0.15) is 5.75 Å². The maximum atomic E-state index is 12.2. The Hall–Kier alpha value is -3.06. The Balaban J connectivity index is 1.88. The maximum Gasteiger partial charge on any atom is 0.338 e. The largest absolute Gasteiger partial charge is 0.492 e. The summed E-state index contributed by atoms with van der Waals surface area (Å²) in [6, 6.07) is 15.8. The van der Waals surface area contributed by atoms with Gasteiger partial charge in [-0.05, 0) is 17.7 Å². The molecule has 0 saturated heterocycles. The zero-order valence-corrected chi connectivity index (χ0v) is 13.7. The Morgan fingerprint density at radius 2 is 1.76 bits per heavy atom. The molecule has 0 fully saturated rings. The number of nitrogens with zero attached hydrogens (tertiary/aromatic N) is 1. The third kappa shape index (κ3) is 5.82. The van der Waals surface area contributed by atoms with Gasteiger partial charge in [-0.25, -0.2) is 9.86 Å². The molecule has 3 amide bonds. The number of carbonyl (C=O) groups excluding carboxylic acids is 2. The third-order valence-corrected chi connectivity index (χ3v) is 3.49. The van der Waals surface area contributed by atoms with E-state index < -0.39 is 6.03 Å². The molecule has 2 aromatic rings. The highest BCUT2D eigenvalue weighted by atomic mass is 16.5. The predicted octanol–water partition coefficient (Wildman–Crippen LogP) is 1.81. The number of nitrogens with two attached hydrogens (primary N) is 1. The van der Waals surface area contributed by atoms with Crippen molar-refractivity contribution in [2.75, 3.05) is 19.7 Å². The topological polar surface area (TPSA) is 105 Å². The highest BCUT2D eigenvalue weighted by Crippen LogP contribution is 2.18. The highest BCUT2D eigenvalue weighted by Gasteiger charge is 2.12. The third-order valence-electron chi connectivity index (χ3n) is 3.49. The number of hydrogen-bond donors (Lipinski definition) is 3. The summed E-state index contributed by atoms with van der Waals surface area (Å²) in [4.78, 5) is 22.9. The van der Waals surface area contributed by atoms with Crippen molar-refractivity contribution in [1.29, 1.82) is 0 Å². The summed E-state index contributed by atoms with van der Waals surface area (Å²) in [5.74, 6) is 0.125. The Morgan fingerprint density at radius 1 is 1.08 bits per heavy atom. The Morgan fingerprint density at radius 3 is 2.48 bits per heavy atom. The molecular weight excluding hydrogens is 322 g/mol. The van der Waals surface area contributed by atoms with Crippen LogP contribution in [0.3, 0.4) is 0 Å². The van der Waals surface area contributed by atoms with Crippen molar-refractivity contribution in [3.63, 3.8) is 0 Å². The average Bonchev–Trinajstić information content (AvgIpc) is 2.62. The van der Waals surface area contributed by atoms with Crippen LogP contribution in [0, 0.1) is 0 Å². The van der Waals surface area contributed by atoms with Crippen LogP contribution < -0.4 is 15.8 Å². The van der Waals surface area contributed by atoms with E-state index in [0.29, 0.717) is 23.0 Å². The van der Waals surface area contributed by atoms with Crippen molar-refractivity contribution < 1.29 is 19.5 Å². The van der Waals surface area contributed by atoms with Gasteiger partial charge in [-0.3, -0.25) is 10.0 Å². The normalized spacial score (nSPS) is 10.1. The monoisotopic (exact) mass is 343 g/mol. The molecule has 0 aliphatic rings. The van der Waals surface area contributed by atoms with Gasteiger partial charge in [0.2, 0.25) is 0 Å². The minimum atomic E-state index is -0.973. The molecule has 132 valence electrons. The van der Waals surface area contributed by atoms with Gasteiger partial charge in [-0.1, -0.05) is 42.5 Å². The lowest BCUT2D eigenvalue weighted by Crippen LogP contribution is -2.39. The molecule has 0 saturated carbocycles. The lowest BCUT2D eigenvalue weighted by Gasteiger charge is -2.14. The van der Waals surface area contributed by atoms with Crippen molar-refractivity contribution in [3.8, 4) is 5.75 Å². The van der Waals surface area contributed by atoms with Crippen molar-refractivity contribution in [2.24, 2.45) is 5.73 Å². The van der Waals surface area contributed by atoms with Gasteiger partial charge >= 0.3 is 6.03 Å². The molecule has 2 aromatic carbocycles. The van der Waals surface area contributed by atoms with Crippen LogP contribution >= 0.6 is 0 Å². The van der Waals surface area contributed by atoms with E-state index in [9.17, 15) is 14.8 Å². The van der Waals surface area contributed by atoms with E-state index >= 15 is 0 Å². The number of primary amides is 1. The molecule has 4 N–H and O–H groups in total. The van der Waals surface area contributed by atoms with Crippen molar-refractivity contribution >= 4 is 11.9 Å². The molecule has 0 aromatic heterocycles. The minimum absolute atomic E-state index is 0.0661. The molecule has 0 spiro atoms. The summed E-state index contributed by atoms with van der Waals surface area (Å²) in [6.45, 7) is 0.412. The molecule has 0 aliphatic carbocycles. The minimum Gasteiger partial charge on any atom is -0.492 e. The van der Waals surface area contributed by atoms with Crippen LogP contribution in [-0.4, -0.2) is 41.9 Å². The molecule has 2 rings (SSSR count). The zero-order valence-electron chi connectivity index (χ0n) is 13.7. The van der Waals surface area contributed by atoms with Gasteiger partial charge in [-0.15, -0.1) is 0 Å². The van der Waals surface area contributed by atoms with Crippen LogP contribution in [0.4, 0.5) is 4.79 Å². The smallest absolute Gasteiger partial charge is 0.338 e. The van der Waals surface area contributed by atoms with Crippen LogP contribution in [0.25, 0.3) is 0 Å². The van der Waals surface area contributed by atoms with Crippen LogP contribution in [0.2, 0.25) is 0 Å². The first-order chi connectivity index (χ1) is 12.1. The van der Waals surface area contributed by atoms with Crippen LogP contribution in [0.15, 0.2) is 54.6 Å². The molecule has 0 heterocycles. The molecule has 7 heteroatoms. The summed E-state index contributed by atoms with van der Waals surface area (Å²) in [5.41, 5.74) is 6.44. The molecule has 0 radical (unpaired) electrons. The molecule has 0 bridgehead atoms. The van der Waals surface area contributed by atoms with E-state index in [1.54, 1.807) is 24.3 Å². The lowest BCUT2D eigenvalue weighted by molar-refractivity contribution is -0.0376. The Bertz CT molecular complexity index is 706. The molecular formula is C18H21N3O4. The fraction of sp³-hybridized carbons (Fsp3) is 0.222. The maximum absolute atomic E-state index is 12.2. The fourth-order valence-corrected chi connectivity index (χ4v) is 2.18. The van der Waals surface area contributed by atoms with Crippen molar-refractivity contribution in [1.82, 2.24) is 10.4 Å². The van der Waals surface area contributed by atoms with E-state index in [2.05, 4.69) is 5.32 Å². The SMILES string of the molecule is NC(=O)N(O)CCNC(=O)c1ccccc1OCCc1ccccc1. The number of ether oxygens (including phenoxy) is 1. The number of hydroxylamine groups is 2. The number of hydrogen-bond acceptors (Lipinski definition) is 4. The summed E-state index contributed by atoms with van der Waals surface area (Å²) in [6.07, 6.45) is 0.731. The van der Waals surface area contributed by atoms with E-state index in [1.807, 2.05) is 30.3 Å². The van der Waals surface area contributed by atoms with E-state index in [0.717, 1.165) is 12.0 Å². The van der Waals surface area contributed by atoms with E-state index in [1.165, 1.54) is 0 Å². The second-order valence-electron chi connectivity index (χ2n) is 5.30. The molecule has 0 unspecified atom stereocenters. The van der Waals surface area contributed by atoms with Crippen molar-refractivity contribution in [3.05, 3.63) is 65.7 Å². The fourth-order valence-electron chi connectivity index (χ4n) is 2.18. The van der Waals surface area contributed by atoms with Crippen LogP contribution in [0.5, 0.6) is 5.75 Å². The standard InChI is InChI=1S/C18H21N3O4/c19-18(23)21(24)12-11-20-17(22)15-8-4-5-9-16(15)25-13-10-14-6-2-1-3-7-14/h1-9,24H,10-13H2,(H2,19,23)(H,20,22). The van der Waals surface area contributed by atoms with Gasteiger partial charge < -0.3 is 15.8 Å². The number of benzene rings is 2. The lowest BCUT2D eigenvalue weighted by atomic mass is 10.1. The van der Waals surface area contributed by atoms with Crippen LogP contribution in [-0.2, 0) is 6.42 Å². The summed E-state index contributed by atoms with van der Waals surface area (Å²) in [5, 5.41) is 12.1. The molecule has 25 heavy (non-hydrogen) atoms. The number of urea groups is 1. The van der Waals surface area contributed by atoms with Gasteiger partial charge in [0, 0.05) is 13.0 Å². The predicted molar refractivity (Wildman–Crippen MR) is 92.5 cm³/mol. The molecule has 0 atom stereocenters. The second-order valence-corrected chi connectivity index (χ2v) is 5.30. The van der Waals surface area contributed by atoms with Gasteiger partial charge in [0.05, 0.1) is 18.7 Å². The molecule has 7 nitrogen and oxygen atoms in total. The van der Waals surface area contributed by atoms with Gasteiger partial charge in [0.25, 0.3) is 5.91 Å². The van der Waals surface area contributed by atoms with Crippen molar-refractivity contribution in [2.45, 2.75) is 6.42 Å². The number of carbonyl (C=O) groups is 2. The number of para-hydroxylation sites is 1. The summed E-state index contributed by atoms with van der Waals surface area (Å²) >= 11 is 0. The average molecular weight is 343 g/mol. The first-order valence-corrected chi connectivity index (χ1v) is 7.87. The number of amides is 3. The van der Waals surface area contributed by atoms with Gasteiger partial charge in [0.15, 0.2) is 0 Å². The first kappa shape index (κ1) is 18.3. The summed E-state index contributed by atoms with van der Waals surface area (Å²) < 4.78 is 5.73. The first-order valence-electron chi connectivity index (χ1n) is 7.87. The Labute approximate surface area is 146 Å². The zero-order chi connectivity index (χ0) is 18.1. The number of nitrogens with one attached hydrogen (secondary N) is 1.